The first-order valence-electron chi connectivity index (χ1n) is 6.79. The van der Waals surface area contributed by atoms with Crippen molar-refractivity contribution in [3.05, 3.63) is 29.4 Å². The lowest BCUT2D eigenvalue weighted by atomic mass is 10.2. The second-order valence-corrected chi connectivity index (χ2v) is 7.62. The van der Waals surface area contributed by atoms with Crippen molar-refractivity contribution in [2.45, 2.75) is 18.4 Å². The highest BCUT2D eigenvalue weighted by Crippen LogP contribution is 2.28. The maximum Gasteiger partial charge on any atom is 0.180 e. The molecule has 0 spiro atoms. The van der Waals surface area contributed by atoms with Crippen LogP contribution in [0.25, 0.3) is 10.9 Å². The van der Waals surface area contributed by atoms with E-state index in [1.54, 1.807) is 31.3 Å². The zero-order valence-electron chi connectivity index (χ0n) is 11.6. The second kappa shape index (κ2) is 5.35. The maximum absolute atomic E-state index is 12.3. The van der Waals surface area contributed by atoms with E-state index in [4.69, 9.17) is 11.6 Å². The molecule has 1 N–H and O–H groups in total. The van der Waals surface area contributed by atoms with E-state index in [2.05, 4.69) is 10.3 Å². The number of nitrogens with one attached hydrogen (secondary N) is 1. The Morgan fingerprint density at radius 3 is 2.90 bits per heavy atom. The van der Waals surface area contributed by atoms with Gasteiger partial charge >= 0.3 is 0 Å². The summed E-state index contributed by atoms with van der Waals surface area (Å²) in [5.41, 5.74) is 0.811. The summed E-state index contributed by atoms with van der Waals surface area (Å²) in [4.78, 5) is 4.71. The number of halogens is 1. The molecule has 0 saturated heterocycles. The van der Waals surface area contributed by atoms with Crippen LogP contribution in [0.15, 0.2) is 34.3 Å². The number of aliphatic imine (C=N–C) groups is 1. The number of fused-ring (bicyclic) bond motifs is 1. The predicted octanol–water partition coefficient (Wildman–Crippen LogP) is 2.09. The minimum atomic E-state index is -3.27. The number of amidine groups is 1. The highest BCUT2D eigenvalue weighted by Gasteiger charge is 2.20. The number of benzene rings is 1. The molecule has 1 aromatic heterocycles. The summed E-state index contributed by atoms with van der Waals surface area (Å²) in [7, 11) is -3.27. The maximum atomic E-state index is 12.3. The Morgan fingerprint density at radius 1 is 1.43 bits per heavy atom. The first kappa shape index (κ1) is 14.4. The van der Waals surface area contributed by atoms with E-state index in [1.807, 2.05) is 4.57 Å². The average Bonchev–Trinajstić information content (AvgIpc) is 3.08. The van der Waals surface area contributed by atoms with Crippen LogP contribution in [0.1, 0.15) is 6.92 Å². The Bertz CT molecular complexity index is 824. The van der Waals surface area contributed by atoms with Gasteiger partial charge in [0.1, 0.15) is 5.84 Å². The first-order valence-corrected chi connectivity index (χ1v) is 8.82. The number of aromatic nitrogens is 1. The van der Waals surface area contributed by atoms with Crippen molar-refractivity contribution in [3.63, 3.8) is 0 Å². The lowest BCUT2D eigenvalue weighted by Gasteiger charge is -2.06. The van der Waals surface area contributed by atoms with Gasteiger partial charge in [0.25, 0.3) is 0 Å². The number of hydrogen-bond acceptors (Lipinski definition) is 4. The fourth-order valence-electron chi connectivity index (χ4n) is 2.48. The molecule has 0 fully saturated rings. The molecule has 112 valence electrons. The lowest BCUT2D eigenvalue weighted by molar-refractivity contribution is 0.597. The third-order valence-electron chi connectivity index (χ3n) is 3.59. The molecule has 0 atom stereocenters. The highest BCUT2D eigenvalue weighted by molar-refractivity contribution is 7.91. The van der Waals surface area contributed by atoms with Crippen LogP contribution in [0, 0.1) is 0 Å². The largest absolute Gasteiger partial charge is 0.370 e. The molecule has 0 bridgehead atoms. The molecule has 0 aliphatic carbocycles. The topological polar surface area (TPSA) is 63.5 Å². The fraction of sp³-hybridized carbons (Fsp3) is 0.357. The molecule has 0 unspecified atom stereocenters. The van der Waals surface area contributed by atoms with Crippen LogP contribution in [0.4, 0.5) is 0 Å². The van der Waals surface area contributed by atoms with Gasteiger partial charge in [0.15, 0.2) is 9.84 Å². The third kappa shape index (κ3) is 2.65. The number of hydrogen-bond donors (Lipinski definition) is 1. The zero-order chi connectivity index (χ0) is 15.0. The molecule has 0 radical (unpaired) electrons. The molecule has 1 aromatic carbocycles. The quantitative estimate of drug-likeness (QED) is 0.936. The van der Waals surface area contributed by atoms with E-state index in [-0.39, 0.29) is 5.75 Å². The van der Waals surface area contributed by atoms with Gasteiger partial charge in [-0.25, -0.2) is 8.42 Å². The van der Waals surface area contributed by atoms with Crippen LogP contribution in [0.5, 0.6) is 0 Å². The standard InChI is InChI=1S/C14H16ClN3O2S/c1-2-21(19,20)13-8-18(9-14-16-5-6-17-14)12-7-10(15)3-4-11(12)13/h3-4,7-8H,2,5-6,9H2,1H3,(H,16,17). The molecule has 3 rings (SSSR count). The second-order valence-electron chi connectivity index (χ2n) is 4.94. The summed E-state index contributed by atoms with van der Waals surface area (Å²) >= 11 is 6.06. The van der Waals surface area contributed by atoms with Crippen molar-refractivity contribution >= 4 is 38.2 Å². The number of rotatable bonds is 4. The van der Waals surface area contributed by atoms with Gasteiger partial charge in [-0.05, 0) is 12.1 Å². The van der Waals surface area contributed by atoms with E-state index in [0.717, 1.165) is 24.4 Å². The summed E-state index contributed by atoms with van der Waals surface area (Å²) in [5, 5.41) is 4.49. The van der Waals surface area contributed by atoms with Crippen molar-refractivity contribution in [1.29, 1.82) is 0 Å². The fourth-order valence-corrected chi connectivity index (χ4v) is 3.75. The van der Waals surface area contributed by atoms with Gasteiger partial charge in [0, 0.05) is 23.2 Å². The Balaban J connectivity index is 2.17. The van der Waals surface area contributed by atoms with Gasteiger partial charge in [0.05, 0.1) is 29.3 Å². The minimum Gasteiger partial charge on any atom is -0.370 e. The third-order valence-corrected chi connectivity index (χ3v) is 5.58. The van der Waals surface area contributed by atoms with Crippen molar-refractivity contribution in [2.24, 2.45) is 4.99 Å². The van der Waals surface area contributed by atoms with Crippen LogP contribution in [0.2, 0.25) is 5.02 Å². The van der Waals surface area contributed by atoms with Crippen molar-refractivity contribution < 1.29 is 8.42 Å². The van der Waals surface area contributed by atoms with E-state index < -0.39 is 9.84 Å². The van der Waals surface area contributed by atoms with Crippen molar-refractivity contribution in [3.8, 4) is 0 Å². The number of nitrogens with zero attached hydrogens (tertiary/aromatic N) is 2. The zero-order valence-corrected chi connectivity index (χ0v) is 13.2. The molecule has 0 saturated carbocycles. The van der Waals surface area contributed by atoms with Gasteiger partial charge in [0.2, 0.25) is 0 Å². The summed E-state index contributed by atoms with van der Waals surface area (Å²) in [6.07, 6.45) is 1.68. The Kier molecular flexibility index (Phi) is 3.67. The van der Waals surface area contributed by atoms with Crippen LogP contribution in [-0.4, -0.2) is 37.7 Å². The molecule has 0 amide bonds. The number of sulfone groups is 1. The molecule has 5 nitrogen and oxygen atoms in total. The normalized spacial score (nSPS) is 15.2. The van der Waals surface area contributed by atoms with Gasteiger partial charge in [-0.3, -0.25) is 4.99 Å². The van der Waals surface area contributed by atoms with E-state index in [9.17, 15) is 8.42 Å². The van der Waals surface area contributed by atoms with E-state index in [0.29, 0.717) is 21.8 Å². The van der Waals surface area contributed by atoms with Crippen LogP contribution in [0.3, 0.4) is 0 Å². The molecule has 1 aliphatic rings. The van der Waals surface area contributed by atoms with Crippen LogP contribution in [-0.2, 0) is 16.4 Å². The lowest BCUT2D eigenvalue weighted by Crippen LogP contribution is -2.23. The van der Waals surface area contributed by atoms with Gasteiger partial charge < -0.3 is 9.88 Å². The Hall–Kier alpha value is -1.53. The molecule has 1 aliphatic heterocycles. The average molecular weight is 326 g/mol. The molecule has 21 heavy (non-hydrogen) atoms. The minimum absolute atomic E-state index is 0.0773. The molecule has 7 heteroatoms. The van der Waals surface area contributed by atoms with E-state index >= 15 is 0 Å². The monoisotopic (exact) mass is 325 g/mol. The predicted molar refractivity (Wildman–Crippen MR) is 85.0 cm³/mol. The molecule has 2 aromatic rings. The summed E-state index contributed by atoms with van der Waals surface area (Å²) in [5.74, 6) is 0.945. The van der Waals surface area contributed by atoms with Gasteiger partial charge in [-0.2, -0.15) is 0 Å². The molecular formula is C14H16ClN3O2S. The SMILES string of the molecule is CCS(=O)(=O)c1cn(CC2=NCCN2)c2cc(Cl)ccc12. The van der Waals surface area contributed by atoms with Crippen molar-refractivity contribution in [1.82, 2.24) is 9.88 Å². The van der Waals surface area contributed by atoms with Gasteiger partial charge in [-0.1, -0.05) is 24.6 Å². The highest BCUT2D eigenvalue weighted by atomic mass is 35.5. The summed E-state index contributed by atoms with van der Waals surface area (Å²) < 4.78 is 26.4. The van der Waals surface area contributed by atoms with Crippen molar-refractivity contribution in [2.75, 3.05) is 18.8 Å². The Morgan fingerprint density at radius 2 is 2.24 bits per heavy atom. The molecule has 2 heterocycles. The smallest absolute Gasteiger partial charge is 0.180 e. The summed E-state index contributed by atoms with van der Waals surface area (Å²) in [6.45, 7) is 3.76. The first-order chi connectivity index (χ1) is 10.0. The van der Waals surface area contributed by atoms with Crippen LogP contribution >= 0.6 is 11.6 Å². The Labute approximate surface area is 128 Å². The molecular weight excluding hydrogens is 310 g/mol. The van der Waals surface area contributed by atoms with Gasteiger partial charge in [-0.15, -0.1) is 0 Å². The van der Waals surface area contributed by atoms with E-state index in [1.165, 1.54) is 0 Å². The van der Waals surface area contributed by atoms with Crippen LogP contribution < -0.4 is 5.32 Å². The summed E-state index contributed by atoms with van der Waals surface area (Å²) in [6, 6.07) is 5.27.